The van der Waals surface area contributed by atoms with Crippen molar-refractivity contribution in [1.29, 1.82) is 5.26 Å². The zero-order valence-corrected chi connectivity index (χ0v) is 16.9. The molecular formula is C20H24N6OS. The number of carbonyl (C=O) groups excluding carboxylic acids is 1. The summed E-state index contributed by atoms with van der Waals surface area (Å²) in [6, 6.07) is 10.2. The monoisotopic (exact) mass is 396 g/mol. The van der Waals surface area contributed by atoms with Gasteiger partial charge in [-0.3, -0.25) is 9.69 Å². The Labute approximate surface area is 169 Å². The summed E-state index contributed by atoms with van der Waals surface area (Å²) in [4.78, 5) is 18.3. The number of amides is 1. The number of benzene rings is 1. The van der Waals surface area contributed by atoms with Gasteiger partial charge >= 0.3 is 0 Å². The summed E-state index contributed by atoms with van der Waals surface area (Å²) in [5.74, 6) is 0.184. The van der Waals surface area contributed by atoms with E-state index in [9.17, 15) is 4.79 Å². The lowest BCUT2D eigenvalue weighted by Crippen LogP contribution is -2.54. The van der Waals surface area contributed by atoms with Crippen molar-refractivity contribution >= 4 is 22.4 Å². The van der Waals surface area contributed by atoms with Crippen molar-refractivity contribution in [3.8, 4) is 16.6 Å². The molecule has 0 spiro atoms. The normalized spacial score (nSPS) is 18.9. The van der Waals surface area contributed by atoms with Crippen molar-refractivity contribution in [2.45, 2.75) is 25.8 Å². The molecule has 1 aromatic heterocycles. The predicted molar refractivity (Wildman–Crippen MR) is 109 cm³/mol. The molecule has 0 aliphatic carbocycles. The second-order valence-corrected chi connectivity index (χ2v) is 8.30. The van der Waals surface area contributed by atoms with Crippen molar-refractivity contribution in [1.82, 2.24) is 20.0 Å². The summed E-state index contributed by atoms with van der Waals surface area (Å²) in [5.41, 5.74) is 1.65. The molecule has 2 saturated heterocycles. The summed E-state index contributed by atoms with van der Waals surface area (Å²) in [6.07, 6.45) is 2.23. The first-order valence-corrected chi connectivity index (χ1v) is 10.5. The lowest BCUT2D eigenvalue weighted by Gasteiger charge is -2.42. The van der Waals surface area contributed by atoms with E-state index in [0.29, 0.717) is 11.6 Å². The second kappa shape index (κ2) is 8.25. The molecule has 0 saturated carbocycles. The molecule has 3 heterocycles. The molecular weight excluding hydrogens is 372 g/mol. The summed E-state index contributed by atoms with van der Waals surface area (Å²) in [5, 5.41) is 19.5. The Balaban J connectivity index is 1.32. The number of rotatable bonds is 3. The number of piperazine rings is 1. The van der Waals surface area contributed by atoms with E-state index >= 15 is 0 Å². The van der Waals surface area contributed by atoms with E-state index < -0.39 is 0 Å². The highest BCUT2D eigenvalue weighted by Gasteiger charge is 2.29. The van der Waals surface area contributed by atoms with E-state index in [0.717, 1.165) is 67.8 Å². The highest BCUT2D eigenvalue weighted by atomic mass is 32.1. The van der Waals surface area contributed by atoms with Gasteiger partial charge in [-0.1, -0.05) is 23.5 Å². The second-order valence-electron chi connectivity index (χ2n) is 7.34. The Morgan fingerprint density at radius 1 is 1.07 bits per heavy atom. The molecule has 8 heteroatoms. The number of hydrogen-bond donors (Lipinski definition) is 0. The minimum atomic E-state index is 0.184. The van der Waals surface area contributed by atoms with Crippen LogP contribution in [0.25, 0.3) is 10.6 Å². The Hall–Kier alpha value is -2.50. The van der Waals surface area contributed by atoms with Crippen LogP contribution in [0.4, 0.5) is 5.13 Å². The zero-order valence-electron chi connectivity index (χ0n) is 16.0. The van der Waals surface area contributed by atoms with Crippen LogP contribution < -0.4 is 4.90 Å². The third-order valence-corrected chi connectivity index (χ3v) is 6.72. The molecule has 4 rings (SSSR count). The van der Waals surface area contributed by atoms with Gasteiger partial charge in [0.25, 0.3) is 0 Å². The average Bonchev–Trinajstić information content (AvgIpc) is 3.24. The molecule has 0 N–H and O–H groups in total. The van der Waals surface area contributed by atoms with Crippen LogP contribution in [0, 0.1) is 11.3 Å². The van der Waals surface area contributed by atoms with E-state index in [4.69, 9.17) is 5.26 Å². The van der Waals surface area contributed by atoms with Crippen molar-refractivity contribution in [2.75, 3.05) is 44.2 Å². The van der Waals surface area contributed by atoms with Gasteiger partial charge in [-0.15, -0.1) is 10.2 Å². The lowest BCUT2D eigenvalue weighted by molar-refractivity contribution is -0.130. The maximum Gasteiger partial charge on any atom is 0.219 e. The molecule has 7 nitrogen and oxygen atoms in total. The summed E-state index contributed by atoms with van der Waals surface area (Å²) >= 11 is 1.61. The van der Waals surface area contributed by atoms with Crippen LogP contribution in [0.15, 0.2) is 24.3 Å². The Morgan fingerprint density at radius 3 is 2.36 bits per heavy atom. The van der Waals surface area contributed by atoms with Crippen molar-refractivity contribution in [3.63, 3.8) is 0 Å². The van der Waals surface area contributed by atoms with E-state index in [1.165, 1.54) is 0 Å². The Kier molecular flexibility index (Phi) is 5.55. The van der Waals surface area contributed by atoms with Crippen LogP contribution in [-0.4, -0.2) is 71.2 Å². The summed E-state index contributed by atoms with van der Waals surface area (Å²) in [7, 11) is 0. The number of nitriles is 1. The van der Waals surface area contributed by atoms with Crippen LogP contribution in [0.2, 0.25) is 0 Å². The molecule has 0 radical (unpaired) electrons. The van der Waals surface area contributed by atoms with Crippen molar-refractivity contribution in [2.24, 2.45) is 0 Å². The molecule has 1 aromatic carbocycles. The van der Waals surface area contributed by atoms with Gasteiger partial charge in [0, 0.05) is 57.8 Å². The third-order valence-electron chi connectivity index (χ3n) is 5.69. The summed E-state index contributed by atoms with van der Waals surface area (Å²) in [6.45, 7) is 7.28. The number of nitrogens with zero attached hydrogens (tertiary/aromatic N) is 6. The highest BCUT2D eigenvalue weighted by Crippen LogP contribution is 2.31. The van der Waals surface area contributed by atoms with Gasteiger partial charge in [-0.25, -0.2) is 0 Å². The smallest absolute Gasteiger partial charge is 0.219 e. The minimum absolute atomic E-state index is 0.184. The van der Waals surface area contributed by atoms with Crippen LogP contribution >= 0.6 is 11.3 Å². The van der Waals surface area contributed by atoms with Crippen LogP contribution in [0.3, 0.4) is 0 Å². The van der Waals surface area contributed by atoms with Gasteiger partial charge in [0.1, 0.15) is 5.01 Å². The van der Waals surface area contributed by atoms with Crippen molar-refractivity contribution < 1.29 is 4.79 Å². The fraction of sp³-hybridized carbons (Fsp3) is 0.500. The van der Waals surface area contributed by atoms with Gasteiger partial charge < -0.3 is 9.80 Å². The van der Waals surface area contributed by atoms with Gasteiger partial charge in [0.05, 0.1) is 11.6 Å². The van der Waals surface area contributed by atoms with Crippen LogP contribution in [-0.2, 0) is 4.79 Å². The SMILES string of the molecule is CC(=O)N1CCN(C2CCN(c3nnc(-c4ccc(C#N)cc4)s3)CC2)CC1. The lowest BCUT2D eigenvalue weighted by atomic mass is 10.0. The minimum Gasteiger partial charge on any atom is -0.347 e. The first-order chi connectivity index (χ1) is 13.6. The number of carbonyl (C=O) groups is 1. The molecule has 0 bridgehead atoms. The predicted octanol–water partition coefficient (Wildman–Crippen LogP) is 2.21. The Morgan fingerprint density at radius 2 is 1.75 bits per heavy atom. The molecule has 0 atom stereocenters. The van der Waals surface area contributed by atoms with Gasteiger partial charge in [0.2, 0.25) is 11.0 Å². The van der Waals surface area contributed by atoms with Gasteiger partial charge in [-0.05, 0) is 25.0 Å². The largest absolute Gasteiger partial charge is 0.347 e. The van der Waals surface area contributed by atoms with Crippen LogP contribution in [0.1, 0.15) is 25.3 Å². The topological polar surface area (TPSA) is 76.4 Å². The van der Waals surface area contributed by atoms with E-state index in [2.05, 4.69) is 26.1 Å². The maximum absolute atomic E-state index is 11.5. The maximum atomic E-state index is 11.5. The summed E-state index contributed by atoms with van der Waals surface area (Å²) < 4.78 is 0. The number of piperidine rings is 1. The number of aromatic nitrogens is 2. The van der Waals surface area contributed by atoms with Crippen LogP contribution in [0.5, 0.6) is 0 Å². The molecule has 1 amide bonds. The molecule has 2 aliphatic rings. The standard InChI is InChI=1S/C20H24N6OS/c1-15(27)24-10-12-25(13-11-24)18-6-8-26(9-7-18)20-23-22-19(28-20)17-4-2-16(14-21)3-5-17/h2-5,18H,6-13H2,1H3. The molecule has 2 aromatic rings. The first kappa shape index (κ1) is 18.8. The molecule has 2 aliphatic heterocycles. The molecule has 0 unspecified atom stereocenters. The number of anilines is 1. The zero-order chi connectivity index (χ0) is 19.5. The van der Waals surface area contributed by atoms with Gasteiger partial charge in [0.15, 0.2) is 0 Å². The first-order valence-electron chi connectivity index (χ1n) is 9.72. The Bertz CT molecular complexity index is 858. The quantitative estimate of drug-likeness (QED) is 0.792. The highest BCUT2D eigenvalue weighted by molar-refractivity contribution is 7.18. The average molecular weight is 397 g/mol. The van der Waals surface area contributed by atoms with E-state index in [1.807, 2.05) is 29.2 Å². The third kappa shape index (κ3) is 4.01. The van der Waals surface area contributed by atoms with Crippen molar-refractivity contribution in [3.05, 3.63) is 29.8 Å². The molecule has 28 heavy (non-hydrogen) atoms. The van der Waals surface area contributed by atoms with E-state index in [1.54, 1.807) is 18.3 Å². The molecule has 146 valence electrons. The van der Waals surface area contributed by atoms with E-state index in [-0.39, 0.29) is 5.91 Å². The van der Waals surface area contributed by atoms with Gasteiger partial charge in [-0.2, -0.15) is 5.26 Å². The number of hydrogen-bond acceptors (Lipinski definition) is 7. The fourth-order valence-electron chi connectivity index (χ4n) is 3.97. The fourth-order valence-corrected chi connectivity index (χ4v) is 4.87. The molecule has 2 fully saturated rings.